The first kappa shape index (κ1) is 19.3. The van der Waals surface area contributed by atoms with Crippen LogP contribution in [-0.4, -0.2) is 61.8 Å². The molecule has 0 spiro atoms. The van der Waals surface area contributed by atoms with Gasteiger partial charge in [-0.05, 0) is 49.2 Å². The number of sulfonamides is 1. The summed E-state index contributed by atoms with van der Waals surface area (Å²) in [6.07, 6.45) is 3.13. The molecule has 1 aromatic carbocycles. The number of nitrogens with zero attached hydrogens (tertiary/aromatic N) is 3. The molecule has 0 N–H and O–H groups in total. The fourth-order valence-corrected chi connectivity index (χ4v) is 4.71. The molecule has 0 radical (unpaired) electrons. The van der Waals surface area contributed by atoms with Crippen molar-refractivity contribution >= 4 is 15.9 Å². The van der Waals surface area contributed by atoms with Gasteiger partial charge in [0.15, 0.2) is 0 Å². The van der Waals surface area contributed by atoms with Crippen molar-refractivity contribution in [2.24, 2.45) is 0 Å². The molecule has 0 unspecified atom stereocenters. The minimum Gasteiger partial charge on any atom is -0.495 e. The Labute approximate surface area is 159 Å². The lowest BCUT2D eigenvalue weighted by Crippen LogP contribution is -2.50. The number of pyridine rings is 1. The Morgan fingerprint density at radius 2 is 1.78 bits per heavy atom. The standard InChI is InChI=1S/C19H23N3O4S/c1-14-11-17(26-3)18(12-15(14)2)27(24,25)22-9-7-21(8-10-22)19(23)16-5-4-6-20-13-16/h4-6,11-13H,7-10H2,1-3H3. The van der Waals surface area contributed by atoms with Gasteiger partial charge in [-0.1, -0.05) is 0 Å². The molecule has 144 valence electrons. The van der Waals surface area contributed by atoms with Crippen molar-refractivity contribution in [3.05, 3.63) is 53.3 Å². The van der Waals surface area contributed by atoms with Crippen LogP contribution in [0.1, 0.15) is 21.5 Å². The van der Waals surface area contributed by atoms with Crippen LogP contribution in [-0.2, 0) is 10.0 Å². The summed E-state index contributed by atoms with van der Waals surface area (Å²) in [4.78, 5) is 18.3. The smallest absolute Gasteiger partial charge is 0.255 e. The summed E-state index contributed by atoms with van der Waals surface area (Å²) in [5, 5.41) is 0. The molecule has 27 heavy (non-hydrogen) atoms. The monoisotopic (exact) mass is 389 g/mol. The number of rotatable bonds is 4. The first-order chi connectivity index (χ1) is 12.8. The molecule has 1 aliphatic heterocycles. The summed E-state index contributed by atoms with van der Waals surface area (Å²) in [6, 6.07) is 6.80. The summed E-state index contributed by atoms with van der Waals surface area (Å²) in [6.45, 7) is 4.93. The molecule has 2 aromatic rings. The molecule has 3 rings (SSSR count). The zero-order valence-electron chi connectivity index (χ0n) is 15.7. The van der Waals surface area contributed by atoms with Gasteiger partial charge in [-0.3, -0.25) is 9.78 Å². The minimum absolute atomic E-state index is 0.135. The number of methoxy groups -OCH3 is 1. The van der Waals surface area contributed by atoms with Crippen molar-refractivity contribution < 1.29 is 17.9 Å². The molecule has 0 aliphatic carbocycles. The fraction of sp³-hybridized carbons (Fsp3) is 0.368. The summed E-state index contributed by atoms with van der Waals surface area (Å²) in [5.41, 5.74) is 2.36. The Hall–Kier alpha value is -2.45. The largest absolute Gasteiger partial charge is 0.495 e. The Morgan fingerprint density at radius 3 is 2.37 bits per heavy atom. The molecule has 1 aromatic heterocycles. The van der Waals surface area contributed by atoms with E-state index in [4.69, 9.17) is 4.74 Å². The number of piperazine rings is 1. The Kier molecular flexibility index (Phi) is 5.48. The van der Waals surface area contributed by atoms with Crippen LogP contribution in [0.25, 0.3) is 0 Å². The topological polar surface area (TPSA) is 79.8 Å². The number of benzene rings is 1. The summed E-state index contributed by atoms with van der Waals surface area (Å²) in [5.74, 6) is 0.205. The lowest BCUT2D eigenvalue weighted by atomic mass is 10.1. The van der Waals surface area contributed by atoms with E-state index in [2.05, 4.69) is 4.98 Å². The molecule has 8 heteroatoms. The number of hydrogen-bond donors (Lipinski definition) is 0. The third-order valence-electron chi connectivity index (χ3n) is 4.83. The predicted molar refractivity (Wildman–Crippen MR) is 101 cm³/mol. The van der Waals surface area contributed by atoms with E-state index in [0.717, 1.165) is 11.1 Å². The number of hydrogen-bond acceptors (Lipinski definition) is 5. The zero-order chi connectivity index (χ0) is 19.6. The van der Waals surface area contributed by atoms with Crippen molar-refractivity contribution in [3.8, 4) is 5.75 Å². The molecular weight excluding hydrogens is 366 g/mol. The molecule has 1 fully saturated rings. The molecule has 0 saturated carbocycles. The maximum absolute atomic E-state index is 13.1. The first-order valence-corrected chi connectivity index (χ1v) is 10.1. The highest BCUT2D eigenvalue weighted by Gasteiger charge is 2.32. The molecule has 2 heterocycles. The number of ether oxygens (including phenoxy) is 1. The fourth-order valence-electron chi connectivity index (χ4n) is 3.07. The molecule has 0 bridgehead atoms. The van der Waals surface area contributed by atoms with E-state index in [1.807, 2.05) is 13.8 Å². The number of amides is 1. The maximum Gasteiger partial charge on any atom is 0.255 e. The summed E-state index contributed by atoms with van der Waals surface area (Å²) in [7, 11) is -2.23. The molecule has 1 aliphatic rings. The van der Waals surface area contributed by atoms with E-state index < -0.39 is 10.0 Å². The van der Waals surface area contributed by atoms with Gasteiger partial charge in [0.25, 0.3) is 5.91 Å². The van der Waals surface area contributed by atoms with Gasteiger partial charge in [-0.2, -0.15) is 4.31 Å². The normalized spacial score (nSPS) is 15.6. The van der Waals surface area contributed by atoms with E-state index in [0.29, 0.717) is 24.4 Å². The highest BCUT2D eigenvalue weighted by molar-refractivity contribution is 7.89. The highest BCUT2D eigenvalue weighted by Crippen LogP contribution is 2.30. The third kappa shape index (κ3) is 3.81. The predicted octanol–water partition coefficient (Wildman–Crippen LogP) is 1.85. The van der Waals surface area contributed by atoms with Gasteiger partial charge in [0.1, 0.15) is 10.6 Å². The molecule has 1 saturated heterocycles. The number of carbonyl (C=O) groups is 1. The summed E-state index contributed by atoms with van der Waals surface area (Å²) < 4.78 is 32.9. The van der Waals surface area contributed by atoms with Crippen LogP contribution in [0.15, 0.2) is 41.6 Å². The lowest BCUT2D eigenvalue weighted by Gasteiger charge is -2.34. The van der Waals surface area contributed by atoms with Crippen molar-refractivity contribution in [2.45, 2.75) is 18.7 Å². The van der Waals surface area contributed by atoms with E-state index >= 15 is 0 Å². The van der Waals surface area contributed by atoms with Gasteiger partial charge in [-0.15, -0.1) is 0 Å². The number of carbonyl (C=O) groups excluding carboxylic acids is 1. The second-order valence-electron chi connectivity index (χ2n) is 6.53. The summed E-state index contributed by atoms with van der Waals surface area (Å²) >= 11 is 0. The quantitative estimate of drug-likeness (QED) is 0.797. The van der Waals surface area contributed by atoms with E-state index in [-0.39, 0.29) is 23.9 Å². The van der Waals surface area contributed by atoms with Crippen molar-refractivity contribution in [1.82, 2.24) is 14.2 Å². The van der Waals surface area contributed by atoms with Gasteiger partial charge < -0.3 is 9.64 Å². The SMILES string of the molecule is COc1cc(C)c(C)cc1S(=O)(=O)N1CCN(C(=O)c2cccnc2)CC1. The van der Waals surface area contributed by atoms with Crippen molar-refractivity contribution in [3.63, 3.8) is 0 Å². The van der Waals surface area contributed by atoms with E-state index in [1.54, 1.807) is 35.4 Å². The average molecular weight is 389 g/mol. The molecule has 1 amide bonds. The number of aryl methyl sites for hydroxylation is 2. The maximum atomic E-state index is 13.1. The van der Waals surface area contributed by atoms with E-state index in [1.165, 1.54) is 17.6 Å². The first-order valence-electron chi connectivity index (χ1n) is 8.69. The highest BCUT2D eigenvalue weighted by atomic mass is 32.2. The van der Waals surface area contributed by atoms with E-state index in [9.17, 15) is 13.2 Å². The van der Waals surface area contributed by atoms with Crippen LogP contribution in [0.3, 0.4) is 0 Å². The molecule has 7 nitrogen and oxygen atoms in total. The average Bonchev–Trinajstić information content (AvgIpc) is 2.69. The second-order valence-corrected chi connectivity index (χ2v) is 8.43. The van der Waals surface area contributed by atoms with Crippen LogP contribution in [0, 0.1) is 13.8 Å². The Balaban J connectivity index is 1.78. The van der Waals surface area contributed by atoms with Crippen LogP contribution >= 0.6 is 0 Å². The van der Waals surface area contributed by atoms with Crippen molar-refractivity contribution in [2.75, 3.05) is 33.3 Å². The Bertz CT molecular complexity index is 937. The zero-order valence-corrected chi connectivity index (χ0v) is 16.5. The van der Waals surface area contributed by atoms with Gasteiger partial charge >= 0.3 is 0 Å². The van der Waals surface area contributed by atoms with Gasteiger partial charge in [-0.25, -0.2) is 8.42 Å². The van der Waals surface area contributed by atoms with Gasteiger partial charge in [0, 0.05) is 38.6 Å². The molecular formula is C19H23N3O4S. The number of aromatic nitrogens is 1. The van der Waals surface area contributed by atoms with Crippen LogP contribution in [0.4, 0.5) is 0 Å². The Morgan fingerprint density at radius 1 is 1.11 bits per heavy atom. The van der Waals surface area contributed by atoms with Crippen molar-refractivity contribution in [1.29, 1.82) is 0 Å². The minimum atomic E-state index is -3.70. The van der Waals surface area contributed by atoms with Crippen LogP contribution < -0.4 is 4.74 Å². The lowest BCUT2D eigenvalue weighted by molar-refractivity contribution is 0.0697. The third-order valence-corrected chi connectivity index (χ3v) is 6.75. The van der Waals surface area contributed by atoms with Gasteiger partial charge in [0.2, 0.25) is 10.0 Å². The van der Waals surface area contributed by atoms with Gasteiger partial charge in [0.05, 0.1) is 12.7 Å². The second kappa shape index (κ2) is 7.66. The van der Waals surface area contributed by atoms with Crippen LogP contribution in [0.5, 0.6) is 5.75 Å². The van der Waals surface area contributed by atoms with Crippen LogP contribution in [0.2, 0.25) is 0 Å². The molecule has 0 atom stereocenters.